The fourth-order valence-corrected chi connectivity index (χ4v) is 4.54. The third-order valence-electron chi connectivity index (χ3n) is 6.43. The van der Waals surface area contributed by atoms with Gasteiger partial charge in [0.2, 0.25) is 0 Å². The summed E-state index contributed by atoms with van der Waals surface area (Å²) in [5, 5.41) is 5.60. The van der Waals surface area contributed by atoms with E-state index in [1.54, 1.807) is 0 Å². The molecular weight excluding hydrogens is 388 g/mol. The van der Waals surface area contributed by atoms with Crippen molar-refractivity contribution in [2.75, 3.05) is 38.1 Å². The van der Waals surface area contributed by atoms with E-state index in [-0.39, 0.29) is 6.04 Å². The van der Waals surface area contributed by atoms with E-state index in [4.69, 9.17) is 0 Å². The van der Waals surface area contributed by atoms with Gasteiger partial charge in [0.15, 0.2) is 0 Å². The number of likely N-dealkylation sites (N-methyl/N-ethyl adjacent to an activating group) is 1. The second kappa shape index (κ2) is 9.52. The number of rotatable bonds is 6. The smallest absolute Gasteiger partial charge is 0.309 e. The lowest BCUT2D eigenvalue weighted by Gasteiger charge is -2.28. The van der Waals surface area contributed by atoms with Gasteiger partial charge in [0, 0.05) is 32.4 Å². The minimum Gasteiger partial charge on any atom is -0.374 e. The van der Waals surface area contributed by atoms with Gasteiger partial charge in [-0.25, -0.2) is 0 Å². The Bertz CT molecular complexity index is 935. The van der Waals surface area contributed by atoms with E-state index in [0.717, 1.165) is 31.6 Å². The number of carbonyl (C=O) groups is 2. The quantitative estimate of drug-likeness (QED) is 0.705. The Labute approximate surface area is 184 Å². The number of likely N-dealkylation sites (tertiary alicyclic amines) is 1. The van der Waals surface area contributed by atoms with E-state index in [0.29, 0.717) is 13.1 Å². The number of fused-ring (bicyclic) bond motifs is 1. The fourth-order valence-electron chi connectivity index (χ4n) is 4.54. The first-order chi connectivity index (χ1) is 15.0. The van der Waals surface area contributed by atoms with Crippen LogP contribution in [0.4, 0.5) is 5.69 Å². The van der Waals surface area contributed by atoms with Crippen molar-refractivity contribution >= 4 is 17.5 Å². The summed E-state index contributed by atoms with van der Waals surface area (Å²) in [5.41, 5.74) is 6.02. The van der Waals surface area contributed by atoms with E-state index >= 15 is 0 Å². The van der Waals surface area contributed by atoms with Crippen molar-refractivity contribution in [1.82, 2.24) is 15.5 Å². The molecule has 2 heterocycles. The Hall–Kier alpha value is -2.86. The Balaban J connectivity index is 1.37. The molecule has 0 radical (unpaired) electrons. The summed E-state index contributed by atoms with van der Waals surface area (Å²) in [6, 6.07) is 14.7. The van der Waals surface area contributed by atoms with Gasteiger partial charge in [0.05, 0.1) is 6.04 Å². The summed E-state index contributed by atoms with van der Waals surface area (Å²) in [6.07, 6.45) is 3.41. The summed E-state index contributed by atoms with van der Waals surface area (Å²) < 4.78 is 0. The molecule has 2 aliphatic rings. The molecule has 6 heteroatoms. The molecule has 0 spiro atoms. The molecule has 4 rings (SSSR count). The zero-order valence-electron chi connectivity index (χ0n) is 18.5. The number of benzene rings is 2. The molecule has 1 atom stereocenters. The topological polar surface area (TPSA) is 64.7 Å². The van der Waals surface area contributed by atoms with Gasteiger partial charge in [-0.2, -0.15) is 0 Å². The van der Waals surface area contributed by atoms with Crippen LogP contribution in [-0.4, -0.2) is 49.9 Å². The number of nitrogens with one attached hydrogen (secondary N) is 2. The second-order valence-corrected chi connectivity index (χ2v) is 8.70. The van der Waals surface area contributed by atoms with Crippen LogP contribution in [0.3, 0.4) is 0 Å². The number of nitrogens with zero attached hydrogens (tertiary/aromatic N) is 2. The molecule has 2 aromatic carbocycles. The largest absolute Gasteiger partial charge is 0.374 e. The van der Waals surface area contributed by atoms with Gasteiger partial charge in [-0.3, -0.25) is 14.5 Å². The van der Waals surface area contributed by atoms with Crippen LogP contribution in [0.2, 0.25) is 0 Å². The van der Waals surface area contributed by atoms with E-state index in [2.05, 4.69) is 45.7 Å². The molecule has 0 aromatic heterocycles. The minimum atomic E-state index is -0.587. The Morgan fingerprint density at radius 1 is 0.968 bits per heavy atom. The number of amides is 2. The standard InChI is InChI=1S/C25H32N4O2/c1-18-5-7-19(8-6-18)16-26-24(30)25(31)27-17-23(29-12-3-4-13-29)20-9-10-22-21(15-20)11-14-28(22)2/h5-10,15,23H,3-4,11-14,16-17H2,1-2H3,(H,26,30)(H,27,31)/t23-/m0/s1. The molecule has 2 amide bonds. The third-order valence-corrected chi connectivity index (χ3v) is 6.43. The predicted molar refractivity (Wildman–Crippen MR) is 123 cm³/mol. The summed E-state index contributed by atoms with van der Waals surface area (Å²) >= 11 is 0. The van der Waals surface area contributed by atoms with Crippen LogP contribution in [0, 0.1) is 6.92 Å². The van der Waals surface area contributed by atoms with Crippen LogP contribution < -0.4 is 15.5 Å². The molecule has 1 saturated heterocycles. The molecule has 2 aliphatic heterocycles. The lowest BCUT2D eigenvalue weighted by Crippen LogP contribution is -2.43. The van der Waals surface area contributed by atoms with Gasteiger partial charge < -0.3 is 15.5 Å². The van der Waals surface area contributed by atoms with Crippen molar-refractivity contribution in [3.05, 3.63) is 64.7 Å². The number of carbonyl (C=O) groups excluding carboxylic acids is 2. The summed E-state index contributed by atoms with van der Waals surface area (Å²) in [4.78, 5) is 29.5. The van der Waals surface area contributed by atoms with Crippen molar-refractivity contribution in [3.63, 3.8) is 0 Å². The van der Waals surface area contributed by atoms with Gasteiger partial charge >= 0.3 is 11.8 Å². The molecule has 31 heavy (non-hydrogen) atoms. The zero-order valence-corrected chi connectivity index (χ0v) is 18.5. The van der Waals surface area contributed by atoms with Crippen LogP contribution in [-0.2, 0) is 22.6 Å². The van der Waals surface area contributed by atoms with Crippen LogP contribution in [0.15, 0.2) is 42.5 Å². The highest BCUT2D eigenvalue weighted by Crippen LogP contribution is 2.32. The first kappa shape index (κ1) is 21.4. The average molecular weight is 421 g/mol. The molecule has 0 unspecified atom stereocenters. The van der Waals surface area contributed by atoms with Crippen molar-refractivity contribution in [1.29, 1.82) is 0 Å². The Kier molecular flexibility index (Phi) is 6.56. The molecule has 6 nitrogen and oxygen atoms in total. The summed E-state index contributed by atoms with van der Waals surface area (Å²) in [6.45, 7) is 5.90. The first-order valence-electron chi connectivity index (χ1n) is 11.2. The normalized spacial score (nSPS) is 16.8. The first-order valence-corrected chi connectivity index (χ1v) is 11.2. The predicted octanol–water partition coefficient (Wildman–Crippen LogP) is 2.56. The summed E-state index contributed by atoms with van der Waals surface area (Å²) in [7, 11) is 2.12. The van der Waals surface area contributed by atoms with Gasteiger partial charge in [-0.1, -0.05) is 42.0 Å². The fraction of sp³-hybridized carbons (Fsp3) is 0.440. The maximum atomic E-state index is 12.5. The SMILES string of the molecule is Cc1ccc(CNC(=O)C(=O)NC[C@@H](c2ccc3c(c2)CCN3C)N2CCCC2)cc1. The lowest BCUT2D eigenvalue weighted by molar-refractivity contribution is -0.139. The minimum absolute atomic E-state index is 0.0903. The number of hydrogen-bond acceptors (Lipinski definition) is 4. The Morgan fingerprint density at radius 3 is 2.42 bits per heavy atom. The number of hydrogen-bond donors (Lipinski definition) is 2. The van der Waals surface area contributed by atoms with Crippen LogP contribution in [0.1, 0.15) is 41.1 Å². The molecular formula is C25H32N4O2. The van der Waals surface area contributed by atoms with Crippen LogP contribution in [0.5, 0.6) is 0 Å². The Morgan fingerprint density at radius 2 is 1.68 bits per heavy atom. The second-order valence-electron chi connectivity index (χ2n) is 8.70. The highest BCUT2D eigenvalue weighted by molar-refractivity contribution is 6.35. The lowest BCUT2D eigenvalue weighted by atomic mass is 10.0. The molecule has 0 saturated carbocycles. The highest BCUT2D eigenvalue weighted by atomic mass is 16.2. The van der Waals surface area contributed by atoms with Crippen molar-refractivity contribution in [2.24, 2.45) is 0 Å². The maximum absolute atomic E-state index is 12.5. The maximum Gasteiger partial charge on any atom is 0.309 e. The van der Waals surface area contributed by atoms with E-state index < -0.39 is 11.8 Å². The average Bonchev–Trinajstić information content (AvgIpc) is 3.43. The van der Waals surface area contributed by atoms with E-state index in [1.807, 2.05) is 31.2 Å². The molecule has 2 aromatic rings. The van der Waals surface area contributed by atoms with Gasteiger partial charge in [0.25, 0.3) is 0 Å². The number of anilines is 1. The van der Waals surface area contributed by atoms with Crippen molar-refractivity contribution < 1.29 is 9.59 Å². The highest BCUT2D eigenvalue weighted by Gasteiger charge is 2.26. The molecule has 164 valence electrons. The molecule has 1 fully saturated rings. The van der Waals surface area contributed by atoms with Crippen molar-refractivity contribution in [2.45, 2.75) is 38.8 Å². The van der Waals surface area contributed by atoms with E-state index in [1.165, 1.54) is 35.2 Å². The molecule has 2 N–H and O–H groups in total. The van der Waals surface area contributed by atoms with Crippen molar-refractivity contribution in [3.8, 4) is 0 Å². The third kappa shape index (κ3) is 5.07. The molecule has 0 aliphatic carbocycles. The van der Waals surface area contributed by atoms with Crippen LogP contribution >= 0.6 is 0 Å². The van der Waals surface area contributed by atoms with Gasteiger partial charge in [-0.15, -0.1) is 0 Å². The zero-order chi connectivity index (χ0) is 21.8. The van der Waals surface area contributed by atoms with Gasteiger partial charge in [0.1, 0.15) is 0 Å². The summed E-state index contributed by atoms with van der Waals surface area (Å²) in [5.74, 6) is -1.16. The molecule has 0 bridgehead atoms. The van der Waals surface area contributed by atoms with Crippen LogP contribution in [0.25, 0.3) is 0 Å². The monoisotopic (exact) mass is 420 g/mol. The van der Waals surface area contributed by atoms with Gasteiger partial charge in [-0.05, 0) is 62.0 Å². The van der Waals surface area contributed by atoms with E-state index in [9.17, 15) is 9.59 Å². The number of aryl methyl sites for hydroxylation is 1.